The zero-order chi connectivity index (χ0) is 14.8. The standard InChI is InChI=1S/C19H26O2/c1-18-7-6-16-15(17(18)10-14(21)11-18)4-3-12-9-13(20)5-8-19(12,16)2/h5,8,12,15-17H,3-4,6-7,9-11H2,1-2H3/t12?,15-,16-,17+,18-,19+/m1/s1. The number of Topliss-reactive ketones (excluding diaryl/α,β-unsaturated/α-hetero) is 1. The maximum Gasteiger partial charge on any atom is 0.155 e. The predicted molar refractivity (Wildman–Crippen MR) is 81.6 cm³/mol. The molecule has 0 radical (unpaired) electrons. The topological polar surface area (TPSA) is 34.1 Å². The van der Waals surface area contributed by atoms with Gasteiger partial charge in [-0.25, -0.2) is 0 Å². The molecule has 6 atom stereocenters. The summed E-state index contributed by atoms with van der Waals surface area (Å²) >= 11 is 0. The molecule has 4 aliphatic carbocycles. The molecule has 0 N–H and O–H groups in total. The number of hydrogen-bond acceptors (Lipinski definition) is 2. The largest absolute Gasteiger partial charge is 0.300 e. The summed E-state index contributed by atoms with van der Waals surface area (Å²) in [5.74, 6) is 3.33. The van der Waals surface area contributed by atoms with Crippen molar-refractivity contribution in [3.05, 3.63) is 12.2 Å². The number of fused-ring (bicyclic) bond motifs is 5. The summed E-state index contributed by atoms with van der Waals surface area (Å²) in [7, 11) is 0. The summed E-state index contributed by atoms with van der Waals surface area (Å²) in [5, 5.41) is 0. The van der Waals surface area contributed by atoms with Gasteiger partial charge in [-0.15, -0.1) is 0 Å². The van der Waals surface area contributed by atoms with Crippen LogP contribution in [-0.4, -0.2) is 11.6 Å². The van der Waals surface area contributed by atoms with E-state index in [-0.39, 0.29) is 10.8 Å². The lowest BCUT2D eigenvalue weighted by Crippen LogP contribution is -2.51. The van der Waals surface area contributed by atoms with E-state index in [1.165, 1.54) is 25.7 Å². The third-order valence-corrected chi connectivity index (χ3v) is 7.61. The lowest BCUT2D eigenvalue weighted by molar-refractivity contribution is -0.121. The first kappa shape index (κ1) is 13.7. The molecule has 0 bridgehead atoms. The molecule has 2 heteroatoms. The summed E-state index contributed by atoms with van der Waals surface area (Å²) in [6.07, 6.45) is 11.3. The number of carbonyl (C=O) groups excluding carboxylic acids is 2. The van der Waals surface area contributed by atoms with Crippen molar-refractivity contribution >= 4 is 11.6 Å². The normalized spacial score (nSPS) is 52.3. The second kappa shape index (κ2) is 4.30. The lowest BCUT2D eigenvalue weighted by atomic mass is 9.46. The number of hydrogen-bond donors (Lipinski definition) is 0. The first-order valence-corrected chi connectivity index (χ1v) is 8.66. The molecule has 114 valence electrons. The Labute approximate surface area is 127 Å². The van der Waals surface area contributed by atoms with E-state index in [1.54, 1.807) is 0 Å². The molecular formula is C19H26O2. The summed E-state index contributed by atoms with van der Waals surface area (Å²) in [4.78, 5) is 23.8. The molecule has 0 saturated heterocycles. The van der Waals surface area contributed by atoms with Gasteiger partial charge in [0.2, 0.25) is 0 Å². The molecule has 0 amide bonds. The quantitative estimate of drug-likeness (QED) is 0.676. The van der Waals surface area contributed by atoms with Crippen LogP contribution in [0.25, 0.3) is 0 Å². The van der Waals surface area contributed by atoms with Crippen LogP contribution in [0.1, 0.15) is 58.8 Å². The van der Waals surface area contributed by atoms with Crippen molar-refractivity contribution in [2.24, 2.45) is 34.5 Å². The monoisotopic (exact) mass is 286 g/mol. The molecule has 21 heavy (non-hydrogen) atoms. The van der Waals surface area contributed by atoms with Gasteiger partial charge in [0.25, 0.3) is 0 Å². The average Bonchev–Trinajstić information content (AvgIpc) is 2.74. The van der Waals surface area contributed by atoms with Gasteiger partial charge in [-0.3, -0.25) is 9.59 Å². The summed E-state index contributed by atoms with van der Waals surface area (Å²) in [6.45, 7) is 4.74. The molecule has 0 aliphatic heterocycles. The summed E-state index contributed by atoms with van der Waals surface area (Å²) < 4.78 is 0. The van der Waals surface area contributed by atoms with Crippen LogP contribution in [0.3, 0.4) is 0 Å². The fraction of sp³-hybridized carbons (Fsp3) is 0.789. The first-order chi connectivity index (χ1) is 9.92. The molecule has 0 aromatic heterocycles. The van der Waals surface area contributed by atoms with E-state index in [2.05, 4.69) is 19.9 Å². The highest BCUT2D eigenvalue weighted by Gasteiger charge is 2.58. The van der Waals surface area contributed by atoms with Gasteiger partial charge in [-0.2, -0.15) is 0 Å². The van der Waals surface area contributed by atoms with Gasteiger partial charge in [0.15, 0.2) is 5.78 Å². The Hall–Kier alpha value is -0.920. The molecule has 4 aliphatic rings. The van der Waals surface area contributed by atoms with Crippen molar-refractivity contribution in [2.45, 2.75) is 58.8 Å². The highest BCUT2D eigenvalue weighted by Crippen LogP contribution is 2.64. The zero-order valence-corrected chi connectivity index (χ0v) is 13.2. The zero-order valence-electron chi connectivity index (χ0n) is 13.2. The van der Waals surface area contributed by atoms with Crippen LogP contribution in [0, 0.1) is 34.5 Å². The van der Waals surface area contributed by atoms with Crippen LogP contribution in [0.2, 0.25) is 0 Å². The molecule has 0 aromatic carbocycles. The molecule has 2 nitrogen and oxygen atoms in total. The fourth-order valence-electron chi connectivity index (χ4n) is 6.41. The second-order valence-electron chi connectivity index (χ2n) is 8.63. The van der Waals surface area contributed by atoms with Crippen LogP contribution in [0.5, 0.6) is 0 Å². The molecule has 0 spiro atoms. The smallest absolute Gasteiger partial charge is 0.155 e. The maximum absolute atomic E-state index is 12.0. The number of allylic oxidation sites excluding steroid dienone is 2. The first-order valence-electron chi connectivity index (χ1n) is 8.66. The molecule has 4 rings (SSSR count). The van der Waals surface area contributed by atoms with Crippen LogP contribution in [0.15, 0.2) is 12.2 Å². The van der Waals surface area contributed by atoms with Gasteiger partial charge in [-0.1, -0.05) is 19.9 Å². The Kier molecular flexibility index (Phi) is 2.81. The molecule has 0 aromatic rings. The fourth-order valence-corrected chi connectivity index (χ4v) is 6.41. The Morgan fingerprint density at radius 2 is 1.86 bits per heavy atom. The van der Waals surface area contributed by atoms with Crippen LogP contribution < -0.4 is 0 Å². The lowest BCUT2D eigenvalue weighted by Gasteiger charge is -2.58. The van der Waals surface area contributed by atoms with Crippen molar-refractivity contribution in [3.63, 3.8) is 0 Å². The van der Waals surface area contributed by atoms with E-state index in [9.17, 15) is 9.59 Å². The molecule has 3 fully saturated rings. The minimum absolute atomic E-state index is 0.198. The SMILES string of the molecule is C[C@]12CC[C@@H]3[C@@H](CCC4CC(=O)C=C[C@@]43C)[C@@H]1CC(=O)C2. The molecular weight excluding hydrogens is 260 g/mol. The van der Waals surface area contributed by atoms with Crippen LogP contribution >= 0.6 is 0 Å². The highest BCUT2D eigenvalue weighted by molar-refractivity contribution is 5.91. The van der Waals surface area contributed by atoms with Gasteiger partial charge in [0.1, 0.15) is 5.78 Å². The van der Waals surface area contributed by atoms with Crippen molar-refractivity contribution in [3.8, 4) is 0 Å². The van der Waals surface area contributed by atoms with Crippen molar-refractivity contribution in [1.82, 2.24) is 0 Å². The van der Waals surface area contributed by atoms with Gasteiger partial charge in [0, 0.05) is 19.3 Å². The average molecular weight is 286 g/mol. The molecule has 0 heterocycles. The Bertz CT molecular complexity index is 534. The Morgan fingerprint density at radius 1 is 1.05 bits per heavy atom. The van der Waals surface area contributed by atoms with Crippen LogP contribution in [0.4, 0.5) is 0 Å². The van der Waals surface area contributed by atoms with E-state index in [4.69, 9.17) is 0 Å². The number of rotatable bonds is 0. The Morgan fingerprint density at radius 3 is 2.67 bits per heavy atom. The van der Waals surface area contributed by atoms with E-state index < -0.39 is 0 Å². The van der Waals surface area contributed by atoms with Crippen molar-refractivity contribution in [2.75, 3.05) is 0 Å². The second-order valence-corrected chi connectivity index (χ2v) is 8.63. The van der Waals surface area contributed by atoms with Crippen molar-refractivity contribution < 1.29 is 9.59 Å². The molecule has 3 saturated carbocycles. The minimum Gasteiger partial charge on any atom is -0.300 e. The third kappa shape index (κ3) is 1.83. The van der Waals surface area contributed by atoms with Gasteiger partial charge in [0.05, 0.1) is 0 Å². The van der Waals surface area contributed by atoms with E-state index in [0.29, 0.717) is 35.2 Å². The number of carbonyl (C=O) groups is 2. The van der Waals surface area contributed by atoms with Crippen LogP contribution in [-0.2, 0) is 9.59 Å². The van der Waals surface area contributed by atoms with E-state index >= 15 is 0 Å². The minimum atomic E-state index is 0.198. The number of ketones is 2. The highest BCUT2D eigenvalue weighted by atomic mass is 16.1. The van der Waals surface area contributed by atoms with Crippen molar-refractivity contribution in [1.29, 1.82) is 0 Å². The van der Waals surface area contributed by atoms with E-state index in [1.807, 2.05) is 6.08 Å². The van der Waals surface area contributed by atoms with Gasteiger partial charge >= 0.3 is 0 Å². The maximum atomic E-state index is 12.0. The van der Waals surface area contributed by atoms with Gasteiger partial charge < -0.3 is 0 Å². The van der Waals surface area contributed by atoms with E-state index in [0.717, 1.165) is 19.3 Å². The Balaban J connectivity index is 1.69. The molecule has 1 unspecified atom stereocenters. The summed E-state index contributed by atoms with van der Waals surface area (Å²) in [5.41, 5.74) is 0.472. The van der Waals surface area contributed by atoms with Gasteiger partial charge in [-0.05, 0) is 66.3 Å². The summed E-state index contributed by atoms with van der Waals surface area (Å²) in [6, 6.07) is 0. The third-order valence-electron chi connectivity index (χ3n) is 7.61. The predicted octanol–water partition coefficient (Wildman–Crippen LogP) is 3.94.